The number of ether oxygens (including phenoxy) is 1. The van der Waals surface area contributed by atoms with Gasteiger partial charge < -0.3 is 4.74 Å². The summed E-state index contributed by atoms with van der Waals surface area (Å²) < 4.78 is 5.25. The SMILES string of the molecule is O=C(/C=C/c1cccs1)OCc1ccc(-c2ccccc2)cc1. The highest BCUT2D eigenvalue weighted by atomic mass is 32.1. The van der Waals surface area contributed by atoms with E-state index in [1.54, 1.807) is 17.4 Å². The second kappa shape index (κ2) is 7.56. The highest BCUT2D eigenvalue weighted by Crippen LogP contribution is 2.19. The van der Waals surface area contributed by atoms with Crippen molar-refractivity contribution in [3.8, 4) is 11.1 Å². The molecule has 0 atom stereocenters. The van der Waals surface area contributed by atoms with Gasteiger partial charge in [0.1, 0.15) is 6.61 Å². The molecule has 0 unspecified atom stereocenters. The van der Waals surface area contributed by atoms with E-state index in [0.717, 1.165) is 16.0 Å². The Morgan fingerprint density at radius 1 is 0.913 bits per heavy atom. The van der Waals surface area contributed by atoms with Gasteiger partial charge in [0, 0.05) is 11.0 Å². The topological polar surface area (TPSA) is 26.3 Å². The van der Waals surface area contributed by atoms with E-state index in [1.165, 1.54) is 11.6 Å². The molecule has 0 aliphatic rings. The number of hydrogen-bond donors (Lipinski definition) is 0. The molecule has 114 valence electrons. The van der Waals surface area contributed by atoms with Crippen molar-refractivity contribution in [2.45, 2.75) is 6.61 Å². The average molecular weight is 320 g/mol. The summed E-state index contributed by atoms with van der Waals surface area (Å²) in [5.74, 6) is -0.328. The van der Waals surface area contributed by atoms with Crippen molar-refractivity contribution in [2.24, 2.45) is 0 Å². The van der Waals surface area contributed by atoms with Gasteiger partial charge in [-0.25, -0.2) is 4.79 Å². The van der Waals surface area contributed by atoms with Crippen LogP contribution in [0.15, 0.2) is 78.2 Å². The Kier molecular flexibility index (Phi) is 5.02. The molecule has 0 N–H and O–H groups in total. The molecule has 0 aliphatic heterocycles. The molecule has 0 saturated heterocycles. The molecule has 0 radical (unpaired) electrons. The van der Waals surface area contributed by atoms with Gasteiger partial charge in [0.05, 0.1) is 0 Å². The zero-order valence-corrected chi connectivity index (χ0v) is 13.3. The fourth-order valence-corrected chi connectivity index (χ4v) is 2.78. The summed E-state index contributed by atoms with van der Waals surface area (Å²) in [4.78, 5) is 12.7. The number of esters is 1. The summed E-state index contributed by atoms with van der Waals surface area (Å²) in [5.41, 5.74) is 3.30. The molecule has 3 rings (SSSR count). The minimum absolute atomic E-state index is 0.280. The molecule has 0 saturated carbocycles. The van der Waals surface area contributed by atoms with E-state index >= 15 is 0 Å². The Morgan fingerprint density at radius 3 is 2.35 bits per heavy atom. The van der Waals surface area contributed by atoms with E-state index in [9.17, 15) is 4.79 Å². The van der Waals surface area contributed by atoms with E-state index in [2.05, 4.69) is 12.1 Å². The maximum absolute atomic E-state index is 11.7. The largest absolute Gasteiger partial charge is 0.458 e. The Labute approximate surface area is 139 Å². The van der Waals surface area contributed by atoms with Gasteiger partial charge in [-0.2, -0.15) is 0 Å². The Bertz CT molecular complexity index is 772. The predicted octanol–water partition coefficient (Wildman–Crippen LogP) is 5.17. The number of hydrogen-bond acceptors (Lipinski definition) is 3. The van der Waals surface area contributed by atoms with E-state index in [0.29, 0.717) is 0 Å². The second-order valence-electron chi connectivity index (χ2n) is 5.02. The van der Waals surface area contributed by atoms with Gasteiger partial charge in [0.2, 0.25) is 0 Å². The maximum Gasteiger partial charge on any atom is 0.331 e. The third kappa shape index (κ3) is 4.41. The molecule has 3 heteroatoms. The normalized spacial score (nSPS) is 10.8. The summed E-state index contributed by atoms with van der Waals surface area (Å²) >= 11 is 1.58. The van der Waals surface area contributed by atoms with Crippen LogP contribution in [0, 0.1) is 0 Å². The first-order valence-electron chi connectivity index (χ1n) is 7.34. The van der Waals surface area contributed by atoms with Crippen molar-refractivity contribution >= 4 is 23.4 Å². The van der Waals surface area contributed by atoms with Gasteiger partial charge in [0.25, 0.3) is 0 Å². The average Bonchev–Trinajstić information content (AvgIpc) is 3.13. The first-order chi connectivity index (χ1) is 11.3. The van der Waals surface area contributed by atoms with E-state index in [-0.39, 0.29) is 12.6 Å². The van der Waals surface area contributed by atoms with Gasteiger partial charge in [-0.15, -0.1) is 11.3 Å². The lowest BCUT2D eigenvalue weighted by molar-refractivity contribution is -0.138. The van der Waals surface area contributed by atoms with E-state index in [4.69, 9.17) is 4.74 Å². The zero-order chi connectivity index (χ0) is 15.9. The van der Waals surface area contributed by atoms with Crippen molar-refractivity contribution in [2.75, 3.05) is 0 Å². The number of carbonyl (C=O) groups excluding carboxylic acids is 1. The molecule has 2 nitrogen and oxygen atoms in total. The van der Waals surface area contributed by atoms with Crippen molar-refractivity contribution in [3.63, 3.8) is 0 Å². The van der Waals surface area contributed by atoms with Crippen molar-refractivity contribution in [3.05, 3.63) is 88.6 Å². The number of benzene rings is 2. The Balaban J connectivity index is 1.55. The fraction of sp³-hybridized carbons (Fsp3) is 0.0500. The van der Waals surface area contributed by atoms with Crippen LogP contribution in [0.1, 0.15) is 10.4 Å². The summed E-state index contributed by atoms with van der Waals surface area (Å²) in [7, 11) is 0. The summed E-state index contributed by atoms with van der Waals surface area (Å²) in [6.07, 6.45) is 3.23. The minimum Gasteiger partial charge on any atom is -0.458 e. The lowest BCUT2D eigenvalue weighted by Gasteiger charge is -2.05. The molecule has 0 fully saturated rings. The van der Waals surface area contributed by atoms with Crippen LogP contribution in [-0.4, -0.2) is 5.97 Å². The zero-order valence-electron chi connectivity index (χ0n) is 12.5. The fourth-order valence-electron chi connectivity index (χ4n) is 2.16. The molecule has 1 heterocycles. The molecule has 23 heavy (non-hydrogen) atoms. The van der Waals surface area contributed by atoms with E-state index in [1.807, 2.05) is 60.0 Å². The smallest absolute Gasteiger partial charge is 0.331 e. The standard InChI is InChI=1S/C20H16O2S/c21-20(13-12-19-7-4-14-23-19)22-15-16-8-10-18(11-9-16)17-5-2-1-3-6-17/h1-14H,15H2/b13-12+. The van der Waals surface area contributed by atoms with Crippen LogP contribution in [0.25, 0.3) is 17.2 Å². The van der Waals surface area contributed by atoms with Crippen LogP contribution in [0.5, 0.6) is 0 Å². The summed E-state index contributed by atoms with van der Waals surface area (Å²) in [6.45, 7) is 0.280. The Morgan fingerprint density at radius 2 is 1.65 bits per heavy atom. The third-order valence-electron chi connectivity index (χ3n) is 3.37. The highest BCUT2D eigenvalue weighted by Gasteiger charge is 2.01. The van der Waals surface area contributed by atoms with Crippen molar-refractivity contribution in [1.29, 1.82) is 0 Å². The summed E-state index contributed by atoms with van der Waals surface area (Å²) in [6, 6.07) is 22.1. The van der Waals surface area contributed by atoms with E-state index < -0.39 is 0 Å². The van der Waals surface area contributed by atoms with Crippen LogP contribution < -0.4 is 0 Å². The number of rotatable bonds is 5. The monoisotopic (exact) mass is 320 g/mol. The number of carbonyl (C=O) groups is 1. The van der Waals surface area contributed by atoms with Gasteiger partial charge in [-0.05, 0) is 34.2 Å². The van der Waals surface area contributed by atoms with Crippen LogP contribution in [-0.2, 0) is 16.1 Å². The van der Waals surface area contributed by atoms with Crippen LogP contribution >= 0.6 is 11.3 Å². The molecule has 0 aliphatic carbocycles. The number of thiophene rings is 1. The van der Waals surface area contributed by atoms with Crippen molar-refractivity contribution < 1.29 is 9.53 Å². The molecule has 3 aromatic rings. The lowest BCUT2D eigenvalue weighted by atomic mass is 10.0. The second-order valence-corrected chi connectivity index (χ2v) is 6.00. The highest BCUT2D eigenvalue weighted by molar-refractivity contribution is 7.10. The quantitative estimate of drug-likeness (QED) is 0.479. The van der Waals surface area contributed by atoms with Crippen molar-refractivity contribution in [1.82, 2.24) is 0 Å². The summed E-state index contributed by atoms with van der Waals surface area (Å²) in [5, 5.41) is 1.97. The Hall–Kier alpha value is -2.65. The van der Waals surface area contributed by atoms with Gasteiger partial charge in [0.15, 0.2) is 0 Å². The van der Waals surface area contributed by atoms with Crippen LogP contribution in [0.3, 0.4) is 0 Å². The predicted molar refractivity (Wildman–Crippen MR) is 95.0 cm³/mol. The molecule has 0 bridgehead atoms. The maximum atomic E-state index is 11.7. The molecule has 1 aromatic heterocycles. The molecule has 0 spiro atoms. The lowest BCUT2D eigenvalue weighted by Crippen LogP contribution is -2.00. The van der Waals surface area contributed by atoms with Gasteiger partial charge in [-0.1, -0.05) is 60.7 Å². The minimum atomic E-state index is -0.328. The molecule has 0 amide bonds. The third-order valence-corrected chi connectivity index (χ3v) is 4.21. The van der Waals surface area contributed by atoms with Crippen LogP contribution in [0.4, 0.5) is 0 Å². The molecular weight excluding hydrogens is 304 g/mol. The molecule has 2 aromatic carbocycles. The van der Waals surface area contributed by atoms with Crippen LogP contribution in [0.2, 0.25) is 0 Å². The molecular formula is C20H16O2S. The van der Waals surface area contributed by atoms with Gasteiger partial charge in [-0.3, -0.25) is 0 Å². The first-order valence-corrected chi connectivity index (χ1v) is 8.22. The first kappa shape index (κ1) is 15.3. The van der Waals surface area contributed by atoms with Gasteiger partial charge >= 0.3 is 5.97 Å².